The number of hydrogen-bond donors (Lipinski definition) is 1. The lowest BCUT2D eigenvalue weighted by molar-refractivity contribution is 0.137. The lowest BCUT2D eigenvalue weighted by Gasteiger charge is -2.11. The van der Waals surface area contributed by atoms with E-state index in [1.54, 1.807) is 12.3 Å². The second-order valence-electron chi connectivity index (χ2n) is 3.42. The van der Waals surface area contributed by atoms with Crippen molar-refractivity contribution in [3.05, 3.63) is 35.4 Å². The Morgan fingerprint density at radius 1 is 1.33 bits per heavy atom. The number of thiol groups is 1. The van der Waals surface area contributed by atoms with Crippen LogP contribution in [-0.4, -0.2) is 12.4 Å². The van der Waals surface area contributed by atoms with E-state index in [9.17, 15) is 4.39 Å². The van der Waals surface area contributed by atoms with Gasteiger partial charge in [-0.2, -0.15) is 12.6 Å². The van der Waals surface area contributed by atoms with Gasteiger partial charge in [0.25, 0.3) is 0 Å². The molecule has 0 radical (unpaired) electrons. The van der Waals surface area contributed by atoms with Crippen LogP contribution in [-0.2, 0) is 4.74 Å². The second kappa shape index (κ2) is 7.57. The van der Waals surface area contributed by atoms with Crippen LogP contribution in [0.2, 0.25) is 0 Å². The highest BCUT2D eigenvalue weighted by Gasteiger charge is 2.08. The molecule has 1 aliphatic rings. The molecule has 0 N–H and O–H groups in total. The van der Waals surface area contributed by atoms with E-state index >= 15 is 0 Å². The monoisotopic (exact) mass is 230 g/mol. The average molecular weight is 230 g/mol. The van der Waals surface area contributed by atoms with Crippen LogP contribution in [0.15, 0.2) is 35.4 Å². The SMILES string of the molecule is CC1=CCC(OC(C)C)=C(F)C=C1.CS. The van der Waals surface area contributed by atoms with Crippen LogP contribution >= 0.6 is 12.6 Å². The van der Waals surface area contributed by atoms with Gasteiger partial charge in [-0.3, -0.25) is 0 Å². The van der Waals surface area contributed by atoms with Crippen LogP contribution in [0, 0.1) is 0 Å². The van der Waals surface area contributed by atoms with Crippen LogP contribution in [0.3, 0.4) is 0 Å². The van der Waals surface area contributed by atoms with Crippen molar-refractivity contribution in [1.29, 1.82) is 0 Å². The number of rotatable bonds is 2. The highest BCUT2D eigenvalue weighted by atomic mass is 32.1. The Bertz CT molecular complexity index is 277. The molecule has 0 aromatic carbocycles. The summed E-state index contributed by atoms with van der Waals surface area (Å²) in [4.78, 5) is 0. The zero-order chi connectivity index (χ0) is 11.8. The maximum Gasteiger partial charge on any atom is 0.161 e. The fourth-order valence-electron chi connectivity index (χ4n) is 1.11. The van der Waals surface area contributed by atoms with Crippen molar-refractivity contribution in [1.82, 2.24) is 0 Å². The molecule has 0 aliphatic heterocycles. The van der Waals surface area contributed by atoms with Gasteiger partial charge in [-0.1, -0.05) is 17.7 Å². The molecular formula is C12H19FOS. The molecule has 0 saturated carbocycles. The fraction of sp³-hybridized carbons (Fsp3) is 0.500. The zero-order valence-electron chi connectivity index (χ0n) is 9.75. The van der Waals surface area contributed by atoms with Gasteiger partial charge < -0.3 is 4.74 Å². The number of allylic oxidation sites excluding steroid dienone is 5. The van der Waals surface area contributed by atoms with E-state index < -0.39 is 0 Å². The highest BCUT2D eigenvalue weighted by Crippen LogP contribution is 2.20. The molecule has 3 heteroatoms. The molecule has 15 heavy (non-hydrogen) atoms. The minimum absolute atomic E-state index is 0.0287. The van der Waals surface area contributed by atoms with Gasteiger partial charge in [-0.25, -0.2) is 4.39 Å². The van der Waals surface area contributed by atoms with E-state index in [1.807, 2.05) is 26.8 Å². The van der Waals surface area contributed by atoms with Gasteiger partial charge >= 0.3 is 0 Å². The maximum atomic E-state index is 13.3. The molecule has 0 fully saturated rings. The van der Waals surface area contributed by atoms with E-state index in [2.05, 4.69) is 12.6 Å². The Kier molecular flexibility index (Phi) is 7.22. The highest BCUT2D eigenvalue weighted by molar-refractivity contribution is 7.79. The quantitative estimate of drug-likeness (QED) is 0.704. The fourth-order valence-corrected chi connectivity index (χ4v) is 1.11. The van der Waals surface area contributed by atoms with E-state index in [0.29, 0.717) is 12.2 Å². The topological polar surface area (TPSA) is 9.23 Å². The van der Waals surface area contributed by atoms with Gasteiger partial charge in [-0.15, -0.1) is 0 Å². The summed E-state index contributed by atoms with van der Waals surface area (Å²) in [6.45, 7) is 5.74. The van der Waals surface area contributed by atoms with Crippen molar-refractivity contribution in [3.63, 3.8) is 0 Å². The summed E-state index contributed by atoms with van der Waals surface area (Å²) in [5.41, 5.74) is 1.07. The van der Waals surface area contributed by atoms with Crippen molar-refractivity contribution < 1.29 is 9.13 Å². The van der Waals surface area contributed by atoms with E-state index in [4.69, 9.17) is 4.74 Å². The minimum Gasteiger partial charge on any atom is -0.492 e. The molecule has 86 valence electrons. The number of ether oxygens (including phenoxy) is 1. The Morgan fingerprint density at radius 2 is 1.93 bits per heavy atom. The van der Waals surface area contributed by atoms with Crippen LogP contribution in [0.1, 0.15) is 27.2 Å². The Labute approximate surface area is 97.1 Å². The summed E-state index contributed by atoms with van der Waals surface area (Å²) in [5.74, 6) is 0.171. The molecule has 0 bridgehead atoms. The molecule has 0 saturated heterocycles. The molecule has 1 aliphatic carbocycles. The van der Waals surface area contributed by atoms with Crippen LogP contribution in [0.5, 0.6) is 0 Å². The smallest absolute Gasteiger partial charge is 0.161 e. The van der Waals surface area contributed by atoms with Gasteiger partial charge in [0.05, 0.1) is 6.10 Å². The largest absolute Gasteiger partial charge is 0.492 e. The first-order chi connectivity index (χ1) is 7.09. The molecule has 1 nitrogen and oxygen atoms in total. The van der Waals surface area contributed by atoms with E-state index in [-0.39, 0.29) is 11.9 Å². The lowest BCUT2D eigenvalue weighted by atomic mass is 10.2. The maximum absolute atomic E-state index is 13.3. The number of hydrogen-bond acceptors (Lipinski definition) is 2. The van der Waals surface area contributed by atoms with E-state index in [1.165, 1.54) is 6.08 Å². The van der Waals surface area contributed by atoms with Crippen molar-refractivity contribution in [2.24, 2.45) is 0 Å². The summed E-state index contributed by atoms with van der Waals surface area (Å²) in [7, 11) is 0. The normalized spacial score (nSPS) is 15.5. The molecule has 0 heterocycles. The zero-order valence-corrected chi connectivity index (χ0v) is 10.6. The summed E-state index contributed by atoms with van der Waals surface area (Å²) >= 11 is 3.53. The van der Waals surface area contributed by atoms with E-state index in [0.717, 1.165) is 5.57 Å². The third-order valence-electron chi connectivity index (χ3n) is 1.75. The first kappa shape index (κ1) is 14.3. The van der Waals surface area contributed by atoms with Crippen molar-refractivity contribution >= 4 is 12.6 Å². The Morgan fingerprint density at radius 3 is 2.47 bits per heavy atom. The molecule has 0 amide bonds. The average Bonchev–Trinajstić information content (AvgIpc) is 2.36. The first-order valence-corrected chi connectivity index (χ1v) is 5.84. The van der Waals surface area contributed by atoms with Crippen LogP contribution < -0.4 is 0 Å². The third-order valence-corrected chi connectivity index (χ3v) is 1.75. The molecule has 0 spiro atoms. The number of halogens is 1. The predicted octanol–water partition coefficient (Wildman–Crippen LogP) is 4.04. The van der Waals surface area contributed by atoms with Gasteiger partial charge in [0, 0.05) is 6.42 Å². The summed E-state index contributed by atoms with van der Waals surface area (Å²) in [6.07, 6.45) is 7.44. The van der Waals surface area contributed by atoms with Gasteiger partial charge in [-0.05, 0) is 33.1 Å². The summed E-state index contributed by atoms with van der Waals surface area (Å²) in [5, 5.41) is 0. The molecule has 1 rings (SSSR count). The molecular weight excluding hydrogens is 211 g/mol. The minimum atomic E-state index is -0.262. The summed E-state index contributed by atoms with van der Waals surface area (Å²) in [6, 6.07) is 0. The second-order valence-corrected chi connectivity index (χ2v) is 3.42. The Hall–Kier alpha value is -0.700. The van der Waals surface area contributed by atoms with Crippen LogP contribution in [0.25, 0.3) is 0 Å². The van der Waals surface area contributed by atoms with Gasteiger partial charge in [0.15, 0.2) is 5.83 Å². The van der Waals surface area contributed by atoms with Crippen molar-refractivity contribution in [2.75, 3.05) is 6.26 Å². The molecule has 0 atom stereocenters. The third kappa shape index (κ3) is 5.67. The van der Waals surface area contributed by atoms with Crippen molar-refractivity contribution in [3.8, 4) is 0 Å². The molecule has 0 unspecified atom stereocenters. The lowest BCUT2D eigenvalue weighted by Crippen LogP contribution is -2.02. The first-order valence-electron chi connectivity index (χ1n) is 4.94. The Balaban J connectivity index is 0.000000921. The van der Waals surface area contributed by atoms with Gasteiger partial charge in [0.2, 0.25) is 0 Å². The molecule has 0 aromatic heterocycles. The molecule has 0 aromatic rings. The van der Waals surface area contributed by atoms with Gasteiger partial charge in [0.1, 0.15) is 5.76 Å². The predicted molar refractivity (Wildman–Crippen MR) is 66.8 cm³/mol. The van der Waals surface area contributed by atoms with Crippen LogP contribution in [0.4, 0.5) is 4.39 Å². The van der Waals surface area contributed by atoms with Crippen molar-refractivity contribution in [2.45, 2.75) is 33.3 Å². The standard InChI is InChI=1S/C11H15FO.CH4S/c1-8(2)13-11-7-5-9(3)4-6-10(11)12;1-2/h4-6,8H,7H2,1-3H3;2H,1H3. The summed E-state index contributed by atoms with van der Waals surface area (Å²) < 4.78 is 18.6.